The van der Waals surface area contributed by atoms with Gasteiger partial charge in [0, 0.05) is 19.3 Å². The highest BCUT2D eigenvalue weighted by Gasteiger charge is 2.17. The number of aromatic nitrogens is 1. The lowest BCUT2D eigenvalue weighted by atomic mass is 10.2. The van der Waals surface area contributed by atoms with Crippen molar-refractivity contribution in [1.29, 1.82) is 0 Å². The maximum Gasteiger partial charge on any atom is 0.374 e. The van der Waals surface area contributed by atoms with Crippen molar-refractivity contribution in [2.45, 2.75) is 0 Å². The summed E-state index contributed by atoms with van der Waals surface area (Å²) in [5.74, 6) is -2.71. The molecule has 2 heterocycles. The third-order valence-electron chi connectivity index (χ3n) is 3.60. The summed E-state index contributed by atoms with van der Waals surface area (Å²) < 4.78 is 11.7. The normalized spacial score (nSPS) is 10.5. The van der Waals surface area contributed by atoms with Gasteiger partial charge in [-0.1, -0.05) is 12.1 Å². The highest BCUT2D eigenvalue weighted by molar-refractivity contribution is 6.04. The fourth-order valence-electron chi connectivity index (χ4n) is 2.33. The summed E-state index contributed by atoms with van der Waals surface area (Å²) >= 11 is 0. The van der Waals surface area contributed by atoms with Gasteiger partial charge >= 0.3 is 5.97 Å². The Morgan fingerprint density at radius 2 is 1.92 bits per heavy atom. The lowest BCUT2D eigenvalue weighted by molar-refractivity contribution is -0.123. The van der Waals surface area contributed by atoms with Crippen LogP contribution < -0.4 is 10.7 Å². The number of nitrogens with zero attached hydrogens (tertiary/aromatic N) is 1. The molecule has 0 unspecified atom stereocenters. The summed E-state index contributed by atoms with van der Waals surface area (Å²) in [6.07, 6.45) is 1.65. The highest BCUT2D eigenvalue weighted by atomic mass is 16.5. The summed E-state index contributed by atoms with van der Waals surface area (Å²) in [4.78, 5) is 47.6. The van der Waals surface area contributed by atoms with Crippen LogP contribution in [0.25, 0.3) is 11.0 Å². The molecule has 1 aromatic carbocycles. The number of carbonyl (C=O) groups excluding carboxylic acids is 3. The Morgan fingerprint density at radius 1 is 1.15 bits per heavy atom. The number of rotatable bonds is 4. The first-order chi connectivity index (χ1) is 12.5. The number of nitrogens with one attached hydrogen (secondary N) is 1. The maximum atomic E-state index is 12.0. The molecular weight excluding hydrogens is 340 g/mol. The molecule has 0 bridgehead atoms. The standard InChI is InChI=1S/C18H14N2O6/c1-20-8-4-6-12(20)17(23)19-16(22)10-25-18(24)15-9-13(21)11-5-2-3-7-14(11)26-15/h2-9H,10H2,1H3,(H,19,22,23). The van der Waals surface area contributed by atoms with Crippen LogP contribution in [0.15, 0.2) is 57.9 Å². The van der Waals surface area contributed by atoms with Gasteiger partial charge < -0.3 is 13.7 Å². The minimum atomic E-state index is -0.977. The van der Waals surface area contributed by atoms with Crippen LogP contribution >= 0.6 is 0 Å². The number of carbonyl (C=O) groups is 3. The summed E-state index contributed by atoms with van der Waals surface area (Å²) in [6.45, 7) is -0.689. The van der Waals surface area contributed by atoms with Crippen LogP contribution in [0.5, 0.6) is 0 Å². The Hall–Kier alpha value is -3.68. The molecule has 3 aromatic rings. The Bertz CT molecular complexity index is 1060. The van der Waals surface area contributed by atoms with Gasteiger partial charge in [0.25, 0.3) is 11.8 Å². The average molecular weight is 354 g/mol. The lowest BCUT2D eigenvalue weighted by Gasteiger charge is -2.06. The zero-order chi connectivity index (χ0) is 18.7. The van der Waals surface area contributed by atoms with Crippen molar-refractivity contribution in [3.05, 3.63) is 70.3 Å². The Morgan fingerprint density at radius 3 is 2.65 bits per heavy atom. The number of para-hydroxylation sites is 1. The van der Waals surface area contributed by atoms with E-state index in [0.29, 0.717) is 5.39 Å². The van der Waals surface area contributed by atoms with Crippen molar-refractivity contribution in [3.8, 4) is 0 Å². The molecule has 0 radical (unpaired) electrons. The van der Waals surface area contributed by atoms with Gasteiger partial charge in [-0.3, -0.25) is 19.7 Å². The van der Waals surface area contributed by atoms with E-state index in [2.05, 4.69) is 5.32 Å². The quantitative estimate of drug-likeness (QED) is 0.707. The Balaban J connectivity index is 1.63. The zero-order valence-electron chi connectivity index (χ0n) is 13.7. The molecule has 0 aliphatic carbocycles. The second-order valence-electron chi connectivity index (χ2n) is 5.43. The van der Waals surface area contributed by atoms with Gasteiger partial charge in [-0.25, -0.2) is 4.79 Å². The molecule has 26 heavy (non-hydrogen) atoms. The molecule has 8 nitrogen and oxygen atoms in total. The lowest BCUT2D eigenvalue weighted by Crippen LogP contribution is -2.35. The van der Waals surface area contributed by atoms with Crippen LogP contribution in [0.3, 0.4) is 0 Å². The molecule has 132 valence electrons. The maximum absolute atomic E-state index is 12.0. The minimum absolute atomic E-state index is 0.232. The first-order valence-corrected chi connectivity index (χ1v) is 7.61. The number of hydrogen-bond acceptors (Lipinski definition) is 6. The topological polar surface area (TPSA) is 108 Å². The predicted octanol–water partition coefficient (Wildman–Crippen LogP) is 1.24. The van der Waals surface area contributed by atoms with E-state index in [1.807, 2.05) is 0 Å². The second-order valence-corrected chi connectivity index (χ2v) is 5.43. The molecule has 0 spiro atoms. The number of esters is 1. The number of imide groups is 1. The molecule has 0 saturated heterocycles. The van der Waals surface area contributed by atoms with E-state index >= 15 is 0 Å². The molecule has 8 heteroatoms. The van der Waals surface area contributed by atoms with E-state index in [1.54, 1.807) is 54.2 Å². The summed E-state index contributed by atoms with van der Waals surface area (Å²) in [5.41, 5.74) is 0.114. The monoisotopic (exact) mass is 354 g/mol. The van der Waals surface area contributed by atoms with Crippen molar-refractivity contribution >= 4 is 28.8 Å². The Labute approximate surface area is 147 Å². The van der Waals surface area contributed by atoms with Gasteiger partial charge in [0.05, 0.1) is 5.39 Å². The van der Waals surface area contributed by atoms with Crippen LogP contribution in [0.2, 0.25) is 0 Å². The van der Waals surface area contributed by atoms with Gasteiger partial charge in [-0.15, -0.1) is 0 Å². The smallest absolute Gasteiger partial charge is 0.374 e. The van der Waals surface area contributed by atoms with Crippen LogP contribution in [-0.2, 0) is 16.6 Å². The van der Waals surface area contributed by atoms with Crippen molar-refractivity contribution in [3.63, 3.8) is 0 Å². The zero-order valence-corrected chi connectivity index (χ0v) is 13.7. The first-order valence-electron chi connectivity index (χ1n) is 7.61. The molecule has 0 fully saturated rings. The molecule has 0 saturated carbocycles. The van der Waals surface area contributed by atoms with Gasteiger partial charge in [0.1, 0.15) is 11.3 Å². The largest absolute Gasteiger partial charge is 0.450 e. The van der Waals surface area contributed by atoms with E-state index in [4.69, 9.17) is 9.15 Å². The number of hydrogen-bond donors (Lipinski definition) is 1. The number of ether oxygens (including phenoxy) is 1. The third-order valence-corrected chi connectivity index (χ3v) is 3.60. The number of fused-ring (bicyclic) bond motifs is 1. The van der Waals surface area contributed by atoms with Crippen LogP contribution in [0.1, 0.15) is 21.0 Å². The number of amides is 2. The van der Waals surface area contributed by atoms with Gasteiger partial charge in [0.15, 0.2) is 12.0 Å². The minimum Gasteiger partial charge on any atom is -0.450 e. The first kappa shape index (κ1) is 17.2. The number of benzene rings is 1. The molecule has 1 N–H and O–H groups in total. The van der Waals surface area contributed by atoms with Gasteiger partial charge in [-0.2, -0.15) is 0 Å². The molecular formula is C18H14N2O6. The van der Waals surface area contributed by atoms with E-state index in [9.17, 15) is 19.2 Å². The molecule has 0 aliphatic rings. The average Bonchev–Trinajstić information content (AvgIpc) is 3.05. The van der Waals surface area contributed by atoms with Gasteiger partial charge in [0.2, 0.25) is 5.76 Å². The van der Waals surface area contributed by atoms with E-state index in [-0.39, 0.29) is 17.0 Å². The van der Waals surface area contributed by atoms with Crippen molar-refractivity contribution in [2.75, 3.05) is 6.61 Å². The van der Waals surface area contributed by atoms with Crippen LogP contribution in [-0.4, -0.2) is 29.0 Å². The number of aryl methyl sites for hydroxylation is 1. The molecule has 0 aliphatic heterocycles. The fraction of sp³-hybridized carbons (Fsp3) is 0.111. The summed E-state index contributed by atoms with van der Waals surface area (Å²) in [5, 5.41) is 2.43. The van der Waals surface area contributed by atoms with Crippen LogP contribution in [0.4, 0.5) is 0 Å². The third kappa shape index (κ3) is 3.54. The SMILES string of the molecule is Cn1cccc1C(=O)NC(=O)COC(=O)c1cc(=O)c2ccccc2o1. The van der Waals surface area contributed by atoms with Crippen molar-refractivity contribution in [2.24, 2.45) is 7.05 Å². The molecule has 2 aromatic heterocycles. The van der Waals surface area contributed by atoms with E-state index < -0.39 is 29.8 Å². The molecule has 2 amide bonds. The van der Waals surface area contributed by atoms with E-state index in [1.165, 1.54) is 0 Å². The Kier molecular flexibility index (Phi) is 4.66. The van der Waals surface area contributed by atoms with Crippen molar-refractivity contribution < 1.29 is 23.5 Å². The van der Waals surface area contributed by atoms with Gasteiger partial charge in [-0.05, 0) is 24.3 Å². The highest BCUT2D eigenvalue weighted by Crippen LogP contribution is 2.12. The van der Waals surface area contributed by atoms with Crippen LogP contribution in [0, 0.1) is 0 Å². The van der Waals surface area contributed by atoms with Crippen molar-refractivity contribution in [1.82, 2.24) is 9.88 Å². The van der Waals surface area contributed by atoms with E-state index in [0.717, 1.165) is 6.07 Å². The summed E-state index contributed by atoms with van der Waals surface area (Å²) in [6, 6.07) is 10.6. The molecule has 3 rings (SSSR count). The molecule has 0 atom stereocenters. The second kappa shape index (κ2) is 7.06. The predicted molar refractivity (Wildman–Crippen MR) is 90.7 cm³/mol. The fourth-order valence-corrected chi connectivity index (χ4v) is 2.33. The summed E-state index contributed by atoms with van der Waals surface area (Å²) in [7, 11) is 1.65.